The van der Waals surface area contributed by atoms with E-state index in [-0.39, 0.29) is 0 Å². The Bertz CT molecular complexity index is 422. The molecule has 0 amide bonds. The number of hydrogen-bond donors (Lipinski definition) is 1. The van der Waals surface area contributed by atoms with E-state index in [0.717, 1.165) is 13.1 Å². The zero-order valence-corrected chi connectivity index (χ0v) is 11.0. The summed E-state index contributed by atoms with van der Waals surface area (Å²) in [4.78, 5) is 2.48. The molecule has 1 N–H and O–H groups in total. The Morgan fingerprint density at radius 1 is 1.50 bits per heavy atom. The van der Waals surface area contributed by atoms with Crippen LogP contribution in [0.4, 0.5) is 0 Å². The number of nitriles is 1. The first-order valence-electron chi connectivity index (χ1n) is 6.66. The van der Waals surface area contributed by atoms with Crippen molar-refractivity contribution in [1.29, 1.82) is 5.26 Å². The number of benzene rings is 1. The molecule has 0 saturated carbocycles. The van der Waals surface area contributed by atoms with Crippen LogP contribution >= 0.6 is 0 Å². The molecule has 0 aromatic heterocycles. The van der Waals surface area contributed by atoms with Gasteiger partial charge in [0.05, 0.1) is 12.6 Å². The maximum Gasteiger partial charge on any atom is 0.0843 e. The van der Waals surface area contributed by atoms with Gasteiger partial charge in [-0.2, -0.15) is 5.26 Å². The minimum Gasteiger partial charge on any atom is -0.300 e. The average Bonchev–Trinajstić information content (AvgIpc) is 2.37. The van der Waals surface area contributed by atoms with Crippen LogP contribution in [0.1, 0.15) is 24.0 Å². The first-order valence-corrected chi connectivity index (χ1v) is 6.66. The summed E-state index contributed by atoms with van der Waals surface area (Å²) in [6, 6.07) is 11.3. The number of nitrogens with zero attached hydrogens (tertiary/aromatic N) is 2. The first-order chi connectivity index (χ1) is 8.78. The van der Waals surface area contributed by atoms with Gasteiger partial charge in [-0.05, 0) is 31.9 Å². The summed E-state index contributed by atoms with van der Waals surface area (Å²) in [5.41, 5.74) is 2.71. The third-order valence-corrected chi connectivity index (χ3v) is 3.46. The summed E-state index contributed by atoms with van der Waals surface area (Å²) < 4.78 is 0. The SMILES string of the molecule is Cc1cccc(CN2CCCC(NCC#N)C2)c1. The van der Waals surface area contributed by atoms with Gasteiger partial charge in [0.1, 0.15) is 0 Å². The van der Waals surface area contributed by atoms with Gasteiger partial charge < -0.3 is 5.32 Å². The van der Waals surface area contributed by atoms with Gasteiger partial charge in [0.25, 0.3) is 0 Å². The second kappa shape index (κ2) is 6.53. The van der Waals surface area contributed by atoms with Crippen molar-refractivity contribution < 1.29 is 0 Å². The Morgan fingerprint density at radius 3 is 3.17 bits per heavy atom. The molecule has 1 heterocycles. The van der Waals surface area contributed by atoms with Crippen molar-refractivity contribution in [2.45, 2.75) is 32.4 Å². The second-order valence-electron chi connectivity index (χ2n) is 5.10. The van der Waals surface area contributed by atoms with Gasteiger partial charge in [0.15, 0.2) is 0 Å². The molecule has 1 aromatic rings. The standard InChI is InChI=1S/C15H21N3/c1-13-4-2-5-14(10-13)11-18-9-3-6-15(12-18)17-8-7-16/h2,4-5,10,15,17H,3,6,8-9,11-12H2,1H3. The Kier molecular flexibility index (Phi) is 4.74. The molecule has 96 valence electrons. The lowest BCUT2D eigenvalue weighted by atomic mass is 10.0. The molecule has 3 heteroatoms. The van der Waals surface area contributed by atoms with Crippen molar-refractivity contribution in [1.82, 2.24) is 10.2 Å². The molecular formula is C15H21N3. The van der Waals surface area contributed by atoms with Gasteiger partial charge in [-0.15, -0.1) is 0 Å². The number of nitrogens with one attached hydrogen (secondary N) is 1. The third kappa shape index (κ3) is 3.83. The van der Waals surface area contributed by atoms with Crippen LogP contribution in [-0.4, -0.2) is 30.6 Å². The Balaban J connectivity index is 1.87. The fraction of sp³-hybridized carbons (Fsp3) is 0.533. The topological polar surface area (TPSA) is 39.1 Å². The van der Waals surface area contributed by atoms with Gasteiger partial charge in [-0.25, -0.2) is 0 Å². The van der Waals surface area contributed by atoms with Crippen LogP contribution in [0.3, 0.4) is 0 Å². The van der Waals surface area contributed by atoms with Gasteiger partial charge in [-0.3, -0.25) is 4.90 Å². The van der Waals surface area contributed by atoms with E-state index in [0.29, 0.717) is 12.6 Å². The van der Waals surface area contributed by atoms with Crippen molar-refractivity contribution in [2.75, 3.05) is 19.6 Å². The lowest BCUT2D eigenvalue weighted by Crippen LogP contribution is -2.45. The van der Waals surface area contributed by atoms with Gasteiger partial charge >= 0.3 is 0 Å². The zero-order chi connectivity index (χ0) is 12.8. The number of likely N-dealkylation sites (tertiary alicyclic amines) is 1. The molecule has 1 fully saturated rings. The lowest BCUT2D eigenvalue weighted by molar-refractivity contribution is 0.186. The molecule has 0 radical (unpaired) electrons. The van der Waals surface area contributed by atoms with Crippen molar-refractivity contribution in [3.63, 3.8) is 0 Å². The van der Waals surface area contributed by atoms with E-state index in [1.54, 1.807) is 0 Å². The Labute approximate surface area is 109 Å². The minimum atomic E-state index is 0.461. The number of aryl methyl sites for hydroxylation is 1. The molecule has 0 spiro atoms. The van der Waals surface area contributed by atoms with Crippen LogP contribution in [0.15, 0.2) is 24.3 Å². The summed E-state index contributed by atoms with van der Waals surface area (Å²) in [7, 11) is 0. The highest BCUT2D eigenvalue weighted by atomic mass is 15.2. The highest BCUT2D eigenvalue weighted by Gasteiger charge is 2.19. The highest BCUT2D eigenvalue weighted by molar-refractivity contribution is 5.22. The molecule has 1 atom stereocenters. The molecule has 0 aliphatic carbocycles. The molecule has 1 aromatic carbocycles. The molecule has 0 bridgehead atoms. The van der Waals surface area contributed by atoms with E-state index in [1.165, 1.54) is 30.5 Å². The van der Waals surface area contributed by atoms with E-state index in [1.807, 2.05) is 0 Å². The van der Waals surface area contributed by atoms with Crippen LogP contribution in [0.5, 0.6) is 0 Å². The summed E-state index contributed by atoms with van der Waals surface area (Å²) in [5, 5.41) is 11.9. The fourth-order valence-corrected chi connectivity index (χ4v) is 2.62. The van der Waals surface area contributed by atoms with Crippen molar-refractivity contribution in [3.8, 4) is 6.07 Å². The summed E-state index contributed by atoms with van der Waals surface area (Å²) in [5.74, 6) is 0. The van der Waals surface area contributed by atoms with E-state index in [4.69, 9.17) is 5.26 Å². The van der Waals surface area contributed by atoms with E-state index in [9.17, 15) is 0 Å². The quantitative estimate of drug-likeness (QED) is 0.823. The van der Waals surface area contributed by atoms with Crippen LogP contribution < -0.4 is 5.32 Å². The molecule has 1 aliphatic heterocycles. The van der Waals surface area contributed by atoms with Crippen LogP contribution in [0.25, 0.3) is 0 Å². The molecule has 3 nitrogen and oxygen atoms in total. The van der Waals surface area contributed by atoms with Crippen LogP contribution in [0.2, 0.25) is 0 Å². The zero-order valence-electron chi connectivity index (χ0n) is 11.0. The van der Waals surface area contributed by atoms with E-state index < -0.39 is 0 Å². The smallest absolute Gasteiger partial charge is 0.0843 e. The summed E-state index contributed by atoms with van der Waals surface area (Å²) in [6.07, 6.45) is 2.40. The number of hydrogen-bond acceptors (Lipinski definition) is 3. The second-order valence-corrected chi connectivity index (χ2v) is 5.10. The maximum atomic E-state index is 8.60. The highest BCUT2D eigenvalue weighted by Crippen LogP contribution is 2.14. The van der Waals surface area contributed by atoms with Crippen LogP contribution in [0, 0.1) is 18.3 Å². The maximum absolute atomic E-state index is 8.60. The monoisotopic (exact) mass is 243 g/mol. The Morgan fingerprint density at radius 2 is 2.39 bits per heavy atom. The van der Waals surface area contributed by atoms with Gasteiger partial charge in [-0.1, -0.05) is 29.8 Å². The minimum absolute atomic E-state index is 0.461. The molecule has 1 unspecified atom stereocenters. The predicted octanol–water partition coefficient (Wildman–Crippen LogP) is 2.07. The summed E-state index contributed by atoms with van der Waals surface area (Å²) in [6.45, 7) is 5.83. The third-order valence-electron chi connectivity index (χ3n) is 3.46. The van der Waals surface area contributed by atoms with Gasteiger partial charge in [0, 0.05) is 19.1 Å². The van der Waals surface area contributed by atoms with Crippen molar-refractivity contribution in [2.24, 2.45) is 0 Å². The normalized spacial score (nSPS) is 20.6. The molecule has 1 aliphatic rings. The van der Waals surface area contributed by atoms with E-state index in [2.05, 4.69) is 47.5 Å². The lowest BCUT2D eigenvalue weighted by Gasteiger charge is -2.32. The van der Waals surface area contributed by atoms with Crippen molar-refractivity contribution in [3.05, 3.63) is 35.4 Å². The van der Waals surface area contributed by atoms with Crippen molar-refractivity contribution >= 4 is 0 Å². The number of piperidine rings is 1. The average molecular weight is 243 g/mol. The largest absolute Gasteiger partial charge is 0.300 e. The Hall–Kier alpha value is -1.37. The molecular weight excluding hydrogens is 222 g/mol. The first kappa shape index (κ1) is 13.1. The molecule has 18 heavy (non-hydrogen) atoms. The fourth-order valence-electron chi connectivity index (χ4n) is 2.62. The molecule has 2 rings (SSSR count). The van der Waals surface area contributed by atoms with Gasteiger partial charge in [0.2, 0.25) is 0 Å². The summed E-state index contributed by atoms with van der Waals surface area (Å²) >= 11 is 0. The van der Waals surface area contributed by atoms with Crippen LogP contribution in [-0.2, 0) is 6.54 Å². The number of rotatable bonds is 4. The van der Waals surface area contributed by atoms with E-state index >= 15 is 0 Å². The molecule has 1 saturated heterocycles. The predicted molar refractivity (Wildman–Crippen MR) is 73.1 cm³/mol.